The number of halogens is 1. The number of amides is 1. The number of carbonyl (C=O) groups is 1. The minimum Gasteiger partial charge on any atom is -0.395 e. The quantitative estimate of drug-likeness (QED) is 0.855. The van der Waals surface area contributed by atoms with Gasteiger partial charge in [0.2, 0.25) is 5.91 Å². The van der Waals surface area contributed by atoms with Crippen molar-refractivity contribution in [3.05, 3.63) is 53.4 Å². The highest BCUT2D eigenvalue weighted by atomic mass is 19.1. The molecular formula is C17H20FN3O2. The van der Waals surface area contributed by atoms with Gasteiger partial charge in [0.15, 0.2) is 0 Å². The summed E-state index contributed by atoms with van der Waals surface area (Å²) < 4.78 is 14.1. The van der Waals surface area contributed by atoms with E-state index in [9.17, 15) is 14.3 Å². The number of nitrogens with one attached hydrogen (secondary N) is 1. The lowest BCUT2D eigenvalue weighted by molar-refractivity contribution is -0.135. The summed E-state index contributed by atoms with van der Waals surface area (Å²) in [6, 6.07) is 6.44. The van der Waals surface area contributed by atoms with E-state index < -0.39 is 5.41 Å². The number of benzene rings is 1. The first-order valence-electron chi connectivity index (χ1n) is 7.72. The van der Waals surface area contributed by atoms with Gasteiger partial charge in [0.05, 0.1) is 30.6 Å². The molecule has 122 valence electrons. The summed E-state index contributed by atoms with van der Waals surface area (Å²) in [4.78, 5) is 21.8. The van der Waals surface area contributed by atoms with Crippen LogP contribution in [0.15, 0.2) is 30.6 Å². The fourth-order valence-electron chi connectivity index (χ4n) is 2.98. The summed E-state index contributed by atoms with van der Waals surface area (Å²) in [6.45, 7) is 2.27. The molecule has 2 aromatic rings. The molecule has 2 N–H and O–H groups in total. The molecule has 0 radical (unpaired) electrons. The van der Waals surface area contributed by atoms with Gasteiger partial charge in [-0.1, -0.05) is 18.2 Å². The predicted molar refractivity (Wildman–Crippen MR) is 83.1 cm³/mol. The van der Waals surface area contributed by atoms with Crippen LogP contribution in [0.3, 0.4) is 0 Å². The SMILES string of the molecule is Cc1[nH]cnc1CN(CCO)C(=O)C1(c2ccccc2F)CC1. The molecule has 0 aliphatic heterocycles. The molecule has 1 amide bonds. The minimum absolute atomic E-state index is 0.136. The Labute approximate surface area is 134 Å². The van der Waals surface area contributed by atoms with Crippen molar-refractivity contribution in [1.29, 1.82) is 0 Å². The predicted octanol–water partition coefficient (Wildman–Crippen LogP) is 1.91. The van der Waals surface area contributed by atoms with Crippen LogP contribution >= 0.6 is 0 Å². The Hall–Kier alpha value is -2.21. The van der Waals surface area contributed by atoms with Gasteiger partial charge < -0.3 is 15.0 Å². The Morgan fingerprint density at radius 1 is 1.43 bits per heavy atom. The molecule has 1 aliphatic rings. The van der Waals surface area contributed by atoms with Crippen molar-refractivity contribution in [1.82, 2.24) is 14.9 Å². The minimum atomic E-state index is -0.787. The molecular weight excluding hydrogens is 297 g/mol. The van der Waals surface area contributed by atoms with Crippen LogP contribution < -0.4 is 0 Å². The average Bonchev–Trinajstić information content (AvgIpc) is 3.25. The lowest BCUT2D eigenvalue weighted by Crippen LogP contribution is -2.41. The molecule has 1 aromatic heterocycles. The van der Waals surface area contributed by atoms with E-state index in [-0.39, 0.29) is 24.9 Å². The number of aromatic nitrogens is 2. The second kappa shape index (κ2) is 6.12. The number of hydrogen-bond acceptors (Lipinski definition) is 3. The number of aliphatic hydroxyl groups excluding tert-OH is 1. The third-order valence-corrected chi connectivity index (χ3v) is 4.48. The molecule has 23 heavy (non-hydrogen) atoms. The van der Waals surface area contributed by atoms with Crippen molar-refractivity contribution in [2.24, 2.45) is 0 Å². The Bertz CT molecular complexity index is 709. The third kappa shape index (κ3) is 2.86. The molecule has 3 rings (SSSR count). The number of rotatable bonds is 6. The van der Waals surface area contributed by atoms with Crippen molar-refractivity contribution >= 4 is 5.91 Å². The zero-order valence-electron chi connectivity index (χ0n) is 13.1. The van der Waals surface area contributed by atoms with Crippen LogP contribution in [0.5, 0.6) is 0 Å². The third-order valence-electron chi connectivity index (χ3n) is 4.48. The summed E-state index contributed by atoms with van der Waals surface area (Å²) >= 11 is 0. The van der Waals surface area contributed by atoms with Crippen molar-refractivity contribution < 1.29 is 14.3 Å². The van der Waals surface area contributed by atoms with Gasteiger partial charge in [0, 0.05) is 17.8 Å². The van der Waals surface area contributed by atoms with Crippen LogP contribution in [-0.2, 0) is 16.8 Å². The number of imidazole rings is 1. The maximum Gasteiger partial charge on any atom is 0.233 e. The van der Waals surface area contributed by atoms with Crippen LogP contribution in [0.1, 0.15) is 29.8 Å². The summed E-state index contributed by atoms with van der Waals surface area (Å²) in [5.74, 6) is -0.489. The topological polar surface area (TPSA) is 69.2 Å². The molecule has 1 saturated carbocycles. The van der Waals surface area contributed by atoms with Crippen molar-refractivity contribution in [3.63, 3.8) is 0 Å². The maximum absolute atomic E-state index is 14.1. The summed E-state index contributed by atoms with van der Waals surface area (Å²) in [5, 5.41) is 9.30. The number of carbonyl (C=O) groups excluding carboxylic acids is 1. The van der Waals surface area contributed by atoms with Gasteiger partial charge in [-0.2, -0.15) is 0 Å². The second-order valence-corrected chi connectivity index (χ2v) is 5.99. The number of nitrogens with zero attached hydrogens (tertiary/aromatic N) is 2. The monoisotopic (exact) mass is 317 g/mol. The number of aliphatic hydroxyl groups is 1. The first kappa shape index (κ1) is 15.7. The van der Waals surface area contributed by atoms with E-state index in [0.29, 0.717) is 24.9 Å². The Morgan fingerprint density at radius 3 is 2.74 bits per heavy atom. The first-order chi connectivity index (χ1) is 11.1. The molecule has 0 spiro atoms. The highest BCUT2D eigenvalue weighted by Crippen LogP contribution is 2.50. The normalized spacial score (nSPS) is 15.4. The van der Waals surface area contributed by atoms with Gasteiger partial charge in [-0.3, -0.25) is 4.79 Å². The fraction of sp³-hybridized carbons (Fsp3) is 0.412. The Morgan fingerprint density at radius 2 is 2.17 bits per heavy atom. The number of H-pyrrole nitrogens is 1. The van der Waals surface area contributed by atoms with Crippen LogP contribution in [-0.4, -0.2) is 39.0 Å². The largest absolute Gasteiger partial charge is 0.395 e. The molecule has 0 atom stereocenters. The smallest absolute Gasteiger partial charge is 0.233 e. The molecule has 6 heteroatoms. The summed E-state index contributed by atoms with van der Waals surface area (Å²) in [7, 11) is 0. The molecule has 1 aliphatic carbocycles. The van der Waals surface area contributed by atoms with E-state index in [4.69, 9.17) is 0 Å². The van der Waals surface area contributed by atoms with Gasteiger partial charge in [-0.15, -0.1) is 0 Å². The van der Waals surface area contributed by atoms with E-state index in [1.54, 1.807) is 29.4 Å². The molecule has 0 unspecified atom stereocenters. The first-order valence-corrected chi connectivity index (χ1v) is 7.72. The van der Waals surface area contributed by atoms with Gasteiger partial charge in [0.25, 0.3) is 0 Å². The van der Waals surface area contributed by atoms with Gasteiger partial charge in [-0.25, -0.2) is 9.37 Å². The lowest BCUT2D eigenvalue weighted by Gasteiger charge is -2.27. The molecule has 1 aromatic carbocycles. The number of aryl methyl sites for hydroxylation is 1. The van der Waals surface area contributed by atoms with Crippen LogP contribution in [0.25, 0.3) is 0 Å². The van der Waals surface area contributed by atoms with E-state index in [1.165, 1.54) is 6.07 Å². The van der Waals surface area contributed by atoms with Crippen molar-refractivity contribution in [2.45, 2.75) is 31.7 Å². The zero-order valence-corrected chi connectivity index (χ0v) is 13.1. The lowest BCUT2D eigenvalue weighted by atomic mass is 9.93. The summed E-state index contributed by atoms with van der Waals surface area (Å²) in [6.07, 6.45) is 2.85. The standard InChI is InChI=1S/C17H20FN3O2/c1-12-15(20-11-19-12)10-21(8-9-22)16(23)17(6-7-17)13-4-2-3-5-14(13)18/h2-5,11,22H,6-10H2,1H3,(H,19,20). The van der Waals surface area contributed by atoms with E-state index in [1.807, 2.05) is 6.92 Å². The highest BCUT2D eigenvalue weighted by Gasteiger charge is 2.54. The molecule has 0 bridgehead atoms. The van der Waals surface area contributed by atoms with Gasteiger partial charge in [-0.05, 0) is 25.8 Å². The molecule has 0 saturated heterocycles. The summed E-state index contributed by atoms with van der Waals surface area (Å²) in [5.41, 5.74) is 1.31. The Balaban J connectivity index is 1.87. The molecule has 5 nitrogen and oxygen atoms in total. The van der Waals surface area contributed by atoms with Gasteiger partial charge in [0.1, 0.15) is 5.82 Å². The van der Waals surface area contributed by atoms with Crippen LogP contribution in [0.4, 0.5) is 4.39 Å². The van der Waals surface area contributed by atoms with Gasteiger partial charge >= 0.3 is 0 Å². The second-order valence-electron chi connectivity index (χ2n) is 5.99. The maximum atomic E-state index is 14.1. The van der Waals surface area contributed by atoms with Crippen molar-refractivity contribution in [2.75, 3.05) is 13.2 Å². The van der Waals surface area contributed by atoms with Crippen molar-refractivity contribution in [3.8, 4) is 0 Å². The van der Waals surface area contributed by atoms with Crippen LogP contribution in [0, 0.1) is 12.7 Å². The molecule has 1 fully saturated rings. The molecule has 1 heterocycles. The number of aromatic amines is 1. The van der Waals surface area contributed by atoms with E-state index in [2.05, 4.69) is 9.97 Å². The fourth-order valence-corrected chi connectivity index (χ4v) is 2.98. The highest BCUT2D eigenvalue weighted by molar-refractivity contribution is 5.91. The Kier molecular flexibility index (Phi) is 4.17. The van der Waals surface area contributed by atoms with Crippen LogP contribution in [0.2, 0.25) is 0 Å². The van der Waals surface area contributed by atoms with E-state index >= 15 is 0 Å². The average molecular weight is 317 g/mol. The van der Waals surface area contributed by atoms with E-state index in [0.717, 1.165) is 11.4 Å². The number of hydrogen-bond donors (Lipinski definition) is 2. The zero-order chi connectivity index (χ0) is 16.4.